The lowest BCUT2D eigenvalue weighted by atomic mass is 10.2. The molecule has 0 bridgehead atoms. The minimum absolute atomic E-state index is 0.0706. The number of ether oxygens (including phenoxy) is 1. The summed E-state index contributed by atoms with van der Waals surface area (Å²) in [4.78, 5) is 25.6. The van der Waals surface area contributed by atoms with E-state index in [4.69, 9.17) is 20.8 Å². The van der Waals surface area contributed by atoms with E-state index in [0.717, 1.165) is 16.9 Å². The second-order valence-corrected chi connectivity index (χ2v) is 7.29. The Morgan fingerprint density at radius 2 is 2.12 bits per heavy atom. The predicted octanol–water partition coefficient (Wildman–Crippen LogP) is 3.51. The van der Waals surface area contributed by atoms with E-state index in [-0.39, 0.29) is 12.4 Å². The molecule has 3 aromatic heterocycles. The third-order valence-corrected chi connectivity index (χ3v) is 4.94. The third-order valence-electron chi connectivity index (χ3n) is 4.64. The summed E-state index contributed by atoms with van der Waals surface area (Å²) in [7, 11) is 3.35. The normalized spacial score (nSPS) is 10.8. The zero-order valence-electron chi connectivity index (χ0n) is 17.6. The molecule has 0 unspecified atom stereocenters. The average molecular weight is 454 g/mol. The van der Waals surface area contributed by atoms with Gasteiger partial charge in [0.15, 0.2) is 0 Å². The number of nitrogens with zero attached hydrogens (tertiary/aromatic N) is 5. The van der Waals surface area contributed by atoms with Crippen LogP contribution in [-0.4, -0.2) is 37.7 Å². The van der Waals surface area contributed by atoms with Gasteiger partial charge in [-0.05, 0) is 30.2 Å². The molecular formula is C21H20ClN7O3. The van der Waals surface area contributed by atoms with E-state index in [0.29, 0.717) is 28.1 Å². The molecule has 0 radical (unpaired) electrons. The summed E-state index contributed by atoms with van der Waals surface area (Å²) >= 11 is 6.12. The number of halogens is 1. The minimum Gasteiger partial charge on any atom is -0.495 e. The van der Waals surface area contributed by atoms with Gasteiger partial charge in [-0.2, -0.15) is 5.10 Å². The van der Waals surface area contributed by atoms with Gasteiger partial charge in [-0.25, -0.2) is 15.0 Å². The topological polar surface area (TPSA) is 120 Å². The fourth-order valence-corrected chi connectivity index (χ4v) is 3.22. The van der Waals surface area contributed by atoms with E-state index in [1.807, 2.05) is 13.0 Å². The Morgan fingerprint density at radius 1 is 1.28 bits per heavy atom. The number of rotatable bonds is 7. The first-order chi connectivity index (χ1) is 15.4. The number of methoxy groups -OCH3 is 1. The molecule has 11 heteroatoms. The molecule has 10 nitrogen and oxygen atoms in total. The van der Waals surface area contributed by atoms with Crippen molar-refractivity contribution in [2.45, 2.75) is 13.5 Å². The van der Waals surface area contributed by atoms with Gasteiger partial charge in [0.2, 0.25) is 5.95 Å². The molecule has 0 fully saturated rings. The van der Waals surface area contributed by atoms with Crippen molar-refractivity contribution in [2.24, 2.45) is 7.05 Å². The van der Waals surface area contributed by atoms with Crippen LogP contribution in [0.2, 0.25) is 5.02 Å². The molecule has 4 rings (SSSR count). The smallest absolute Gasteiger partial charge is 0.307 e. The van der Waals surface area contributed by atoms with Gasteiger partial charge >= 0.3 is 5.91 Å². The van der Waals surface area contributed by atoms with Crippen molar-refractivity contribution in [3.05, 3.63) is 65.0 Å². The Balaban J connectivity index is 1.47. The number of hydrogen-bond donors (Lipinski definition) is 2. The second kappa shape index (κ2) is 9.06. The number of anilines is 2. The van der Waals surface area contributed by atoms with Crippen molar-refractivity contribution >= 4 is 29.3 Å². The molecule has 0 saturated heterocycles. The SMILES string of the molecule is COc1ccc(CNC(=O)c2nc(-c3nc(Nc4ccnn4C)ncc3C)co2)cc1Cl. The highest BCUT2D eigenvalue weighted by atomic mass is 35.5. The molecular weight excluding hydrogens is 434 g/mol. The van der Waals surface area contributed by atoms with Crippen LogP contribution < -0.4 is 15.4 Å². The maximum Gasteiger partial charge on any atom is 0.307 e. The van der Waals surface area contributed by atoms with Crippen molar-refractivity contribution < 1.29 is 13.9 Å². The van der Waals surface area contributed by atoms with Crippen molar-refractivity contribution in [3.63, 3.8) is 0 Å². The molecule has 3 heterocycles. The summed E-state index contributed by atoms with van der Waals surface area (Å²) in [6.07, 6.45) is 4.73. The first-order valence-corrected chi connectivity index (χ1v) is 9.97. The van der Waals surface area contributed by atoms with E-state index < -0.39 is 5.91 Å². The fourth-order valence-electron chi connectivity index (χ4n) is 2.94. The molecule has 4 aromatic rings. The van der Waals surface area contributed by atoms with Crippen LogP contribution in [0.3, 0.4) is 0 Å². The Kier molecular flexibility index (Phi) is 6.04. The number of aryl methyl sites for hydroxylation is 2. The van der Waals surface area contributed by atoms with Gasteiger partial charge in [-0.15, -0.1) is 0 Å². The summed E-state index contributed by atoms with van der Waals surface area (Å²) in [6, 6.07) is 7.08. The highest BCUT2D eigenvalue weighted by Gasteiger charge is 2.17. The first-order valence-electron chi connectivity index (χ1n) is 9.60. The summed E-state index contributed by atoms with van der Waals surface area (Å²) in [5.41, 5.74) is 2.58. The zero-order chi connectivity index (χ0) is 22.7. The maximum atomic E-state index is 12.5. The van der Waals surface area contributed by atoms with Gasteiger partial charge in [0.25, 0.3) is 5.89 Å². The molecule has 0 atom stereocenters. The third kappa shape index (κ3) is 4.54. The van der Waals surface area contributed by atoms with E-state index in [1.165, 1.54) is 6.26 Å². The maximum absolute atomic E-state index is 12.5. The van der Waals surface area contributed by atoms with Crippen LogP contribution in [0.5, 0.6) is 5.75 Å². The number of amides is 1. The van der Waals surface area contributed by atoms with Crippen LogP contribution in [-0.2, 0) is 13.6 Å². The summed E-state index contributed by atoms with van der Waals surface area (Å²) < 4.78 is 12.2. The standard InChI is InChI=1S/C21H20ClN7O3/c1-12-9-24-21(27-17-6-7-25-29(17)2)28-18(12)15-11-32-20(26-15)19(30)23-10-13-4-5-16(31-3)14(22)8-13/h4-9,11H,10H2,1-3H3,(H,23,30)(H,24,27,28). The van der Waals surface area contributed by atoms with Crippen LogP contribution in [0.1, 0.15) is 21.8 Å². The van der Waals surface area contributed by atoms with Gasteiger partial charge in [-0.1, -0.05) is 17.7 Å². The van der Waals surface area contributed by atoms with E-state index >= 15 is 0 Å². The molecule has 0 aliphatic rings. The largest absolute Gasteiger partial charge is 0.495 e. The minimum atomic E-state index is -0.455. The summed E-state index contributed by atoms with van der Waals surface area (Å²) in [6.45, 7) is 2.11. The van der Waals surface area contributed by atoms with Crippen LogP contribution in [0, 0.1) is 6.92 Å². The molecule has 164 valence electrons. The summed E-state index contributed by atoms with van der Waals surface area (Å²) in [5.74, 6) is 1.15. The number of oxazole rings is 1. The average Bonchev–Trinajstić information content (AvgIpc) is 3.43. The highest BCUT2D eigenvalue weighted by Crippen LogP contribution is 2.25. The Hall–Kier alpha value is -3.92. The van der Waals surface area contributed by atoms with Crippen LogP contribution in [0.4, 0.5) is 11.8 Å². The van der Waals surface area contributed by atoms with Crippen LogP contribution in [0.15, 0.2) is 47.3 Å². The molecule has 2 N–H and O–H groups in total. The quantitative estimate of drug-likeness (QED) is 0.436. The van der Waals surface area contributed by atoms with Crippen molar-refractivity contribution in [2.75, 3.05) is 12.4 Å². The van der Waals surface area contributed by atoms with E-state index in [9.17, 15) is 4.79 Å². The molecule has 0 saturated carbocycles. The van der Waals surface area contributed by atoms with Crippen molar-refractivity contribution in [1.29, 1.82) is 0 Å². The summed E-state index contributed by atoms with van der Waals surface area (Å²) in [5, 5.41) is 10.4. The zero-order valence-corrected chi connectivity index (χ0v) is 18.3. The van der Waals surface area contributed by atoms with Crippen LogP contribution >= 0.6 is 11.6 Å². The van der Waals surface area contributed by atoms with Gasteiger partial charge < -0.3 is 19.8 Å². The number of nitrogens with one attached hydrogen (secondary N) is 2. The van der Waals surface area contributed by atoms with Crippen molar-refractivity contribution in [1.82, 2.24) is 30.0 Å². The fraction of sp³-hybridized carbons (Fsp3) is 0.190. The van der Waals surface area contributed by atoms with Gasteiger partial charge in [0, 0.05) is 25.9 Å². The Labute approximate surface area is 188 Å². The molecule has 0 aliphatic heterocycles. The van der Waals surface area contributed by atoms with Gasteiger partial charge in [0.1, 0.15) is 29.2 Å². The molecule has 1 aromatic carbocycles. The Morgan fingerprint density at radius 3 is 2.84 bits per heavy atom. The monoisotopic (exact) mass is 453 g/mol. The number of carbonyl (C=O) groups excluding carboxylic acids is 1. The number of aromatic nitrogens is 5. The lowest BCUT2D eigenvalue weighted by molar-refractivity contribution is 0.0916. The van der Waals surface area contributed by atoms with Gasteiger partial charge in [0.05, 0.1) is 18.3 Å². The van der Waals surface area contributed by atoms with Crippen LogP contribution in [0.25, 0.3) is 11.4 Å². The predicted molar refractivity (Wildman–Crippen MR) is 118 cm³/mol. The van der Waals surface area contributed by atoms with E-state index in [1.54, 1.807) is 49.4 Å². The number of carbonyl (C=O) groups is 1. The molecule has 1 amide bonds. The highest BCUT2D eigenvalue weighted by molar-refractivity contribution is 6.32. The molecule has 32 heavy (non-hydrogen) atoms. The second-order valence-electron chi connectivity index (χ2n) is 6.88. The number of benzene rings is 1. The number of hydrogen-bond acceptors (Lipinski definition) is 8. The lowest BCUT2D eigenvalue weighted by Gasteiger charge is -2.07. The Bertz CT molecular complexity index is 1270. The molecule has 0 aliphatic carbocycles. The van der Waals surface area contributed by atoms with E-state index in [2.05, 4.69) is 30.7 Å². The van der Waals surface area contributed by atoms with Gasteiger partial charge in [-0.3, -0.25) is 9.48 Å². The molecule has 0 spiro atoms. The lowest BCUT2D eigenvalue weighted by Crippen LogP contribution is -2.23. The first kappa shape index (κ1) is 21.3. The van der Waals surface area contributed by atoms with Crippen molar-refractivity contribution in [3.8, 4) is 17.1 Å².